The highest BCUT2D eigenvalue weighted by molar-refractivity contribution is 6.20. The van der Waals surface area contributed by atoms with Crippen molar-refractivity contribution in [1.82, 2.24) is 5.32 Å². The summed E-state index contributed by atoms with van der Waals surface area (Å²) < 4.78 is 13.4. The second kappa shape index (κ2) is 5.85. The quantitative estimate of drug-likeness (QED) is 0.810. The number of benzene rings is 1. The first-order valence-corrected chi connectivity index (χ1v) is 5.62. The standard InChI is InChI=1S/C12H15ClFNO/c1-8-3-4-10(11(14)7-8)12(16)15-6-5-9(2)13/h3-4,7,9H,5-6H2,1-2H3,(H,15,16). The van der Waals surface area contributed by atoms with Crippen LogP contribution in [0.5, 0.6) is 0 Å². The highest BCUT2D eigenvalue weighted by Crippen LogP contribution is 2.09. The highest BCUT2D eigenvalue weighted by Gasteiger charge is 2.10. The molecule has 1 aromatic rings. The molecule has 88 valence electrons. The summed E-state index contributed by atoms with van der Waals surface area (Å²) in [4.78, 5) is 11.6. The molecular formula is C12H15ClFNO. The molecule has 1 aromatic carbocycles. The third-order valence-electron chi connectivity index (χ3n) is 2.20. The smallest absolute Gasteiger partial charge is 0.254 e. The molecule has 0 spiro atoms. The van der Waals surface area contributed by atoms with Gasteiger partial charge < -0.3 is 5.32 Å². The topological polar surface area (TPSA) is 29.1 Å². The first-order valence-electron chi connectivity index (χ1n) is 5.19. The van der Waals surface area contributed by atoms with Crippen LogP contribution in [-0.4, -0.2) is 17.8 Å². The number of hydrogen-bond donors (Lipinski definition) is 1. The Morgan fingerprint density at radius 3 is 2.81 bits per heavy atom. The predicted molar refractivity (Wildman–Crippen MR) is 63.4 cm³/mol. The van der Waals surface area contributed by atoms with E-state index in [1.807, 2.05) is 6.92 Å². The lowest BCUT2D eigenvalue weighted by Crippen LogP contribution is -2.26. The summed E-state index contributed by atoms with van der Waals surface area (Å²) in [6, 6.07) is 4.55. The second-order valence-corrected chi connectivity index (χ2v) is 4.55. The van der Waals surface area contributed by atoms with E-state index in [-0.39, 0.29) is 10.9 Å². The SMILES string of the molecule is Cc1ccc(C(=O)NCCC(C)Cl)c(F)c1. The first-order chi connectivity index (χ1) is 7.50. The minimum Gasteiger partial charge on any atom is -0.352 e. The molecule has 0 aliphatic carbocycles. The molecule has 4 heteroatoms. The third-order valence-corrected chi connectivity index (χ3v) is 2.42. The number of rotatable bonds is 4. The molecule has 2 nitrogen and oxygen atoms in total. The van der Waals surface area contributed by atoms with Gasteiger partial charge in [0, 0.05) is 11.9 Å². The highest BCUT2D eigenvalue weighted by atomic mass is 35.5. The zero-order valence-electron chi connectivity index (χ0n) is 9.39. The monoisotopic (exact) mass is 243 g/mol. The van der Waals surface area contributed by atoms with E-state index in [1.165, 1.54) is 12.1 Å². The molecule has 0 radical (unpaired) electrons. The van der Waals surface area contributed by atoms with Crippen LogP contribution in [-0.2, 0) is 0 Å². The maximum Gasteiger partial charge on any atom is 0.254 e. The number of carbonyl (C=O) groups excluding carboxylic acids is 1. The van der Waals surface area contributed by atoms with Gasteiger partial charge in [0.15, 0.2) is 0 Å². The van der Waals surface area contributed by atoms with Crippen LogP contribution in [0.1, 0.15) is 29.3 Å². The molecule has 0 saturated heterocycles. The number of alkyl halides is 1. The van der Waals surface area contributed by atoms with Gasteiger partial charge in [-0.15, -0.1) is 11.6 Å². The fourth-order valence-corrected chi connectivity index (χ4v) is 1.39. The van der Waals surface area contributed by atoms with Crippen LogP contribution in [0.4, 0.5) is 4.39 Å². The lowest BCUT2D eigenvalue weighted by Gasteiger charge is -2.07. The van der Waals surface area contributed by atoms with Gasteiger partial charge in [0.1, 0.15) is 5.82 Å². The molecule has 0 aliphatic rings. The van der Waals surface area contributed by atoms with Gasteiger partial charge in [-0.1, -0.05) is 6.07 Å². The van der Waals surface area contributed by atoms with Gasteiger partial charge in [-0.25, -0.2) is 4.39 Å². The Bertz CT molecular complexity index is 379. The van der Waals surface area contributed by atoms with Crippen LogP contribution in [0.15, 0.2) is 18.2 Å². The molecular weight excluding hydrogens is 229 g/mol. The average Bonchev–Trinajstić information content (AvgIpc) is 2.16. The summed E-state index contributed by atoms with van der Waals surface area (Å²) in [7, 11) is 0. The van der Waals surface area contributed by atoms with Crippen molar-refractivity contribution in [2.24, 2.45) is 0 Å². The van der Waals surface area contributed by atoms with Crippen LogP contribution >= 0.6 is 11.6 Å². The number of nitrogens with one attached hydrogen (secondary N) is 1. The van der Waals surface area contributed by atoms with Crippen molar-refractivity contribution in [2.45, 2.75) is 25.6 Å². The summed E-state index contributed by atoms with van der Waals surface area (Å²) in [5.74, 6) is -0.883. The normalized spacial score (nSPS) is 12.2. The molecule has 0 aliphatic heterocycles. The van der Waals surface area contributed by atoms with E-state index in [2.05, 4.69) is 5.32 Å². The predicted octanol–water partition coefficient (Wildman–Crippen LogP) is 2.88. The maximum absolute atomic E-state index is 13.4. The van der Waals surface area contributed by atoms with Crippen LogP contribution < -0.4 is 5.32 Å². The molecule has 0 saturated carbocycles. The summed E-state index contributed by atoms with van der Waals surface area (Å²) in [6.45, 7) is 4.08. The molecule has 0 bridgehead atoms. The Morgan fingerprint density at radius 2 is 2.25 bits per heavy atom. The van der Waals surface area contributed by atoms with E-state index >= 15 is 0 Å². The van der Waals surface area contributed by atoms with Crippen molar-refractivity contribution < 1.29 is 9.18 Å². The largest absolute Gasteiger partial charge is 0.352 e. The number of halogens is 2. The van der Waals surface area contributed by atoms with Crippen LogP contribution in [0, 0.1) is 12.7 Å². The van der Waals surface area contributed by atoms with E-state index in [1.54, 1.807) is 13.0 Å². The Labute approximate surface area is 99.8 Å². The Morgan fingerprint density at radius 1 is 1.56 bits per heavy atom. The van der Waals surface area contributed by atoms with Crippen molar-refractivity contribution >= 4 is 17.5 Å². The van der Waals surface area contributed by atoms with E-state index < -0.39 is 11.7 Å². The maximum atomic E-state index is 13.4. The van der Waals surface area contributed by atoms with E-state index in [0.29, 0.717) is 13.0 Å². The second-order valence-electron chi connectivity index (χ2n) is 3.81. The fraction of sp³-hybridized carbons (Fsp3) is 0.417. The van der Waals surface area contributed by atoms with Crippen molar-refractivity contribution in [1.29, 1.82) is 0 Å². The molecule has 16 heavy (non-hydrogen) atoms. The van der Waals surface area contributed by atoms with E-state index in [9.17, 15) is 9.18 Å². The summed E-state index contributed by atoms with van der Waals surface area (Å²) >= 11 is 5.73. The van der Waals surface area contributed by atoms with Crippen molar-refractivity contribution in [3.63, 3.8) is 0 Å². The lowest BCUT2D eigenvalue weighted by molar-refractivity contribution is 0.0949. The molecule has 0 aromatic heterocycles. The zero-order valence-corrected chi connectivity index (χ0v) is 10.1. The lowest BCUT2D eigenvalue weighted by atomic mass is 10.1. The number of amides is 1. The Hall–Kier alpha value is -1.09. The average molecular weight is 244 g/mol. The summed E-state index contributed by atoms with van der Waals surface area (Å²) in [5.41, 5.74) is 0.872. The fourth-order valence-electron chi connectivity index (χ4n) is 1.28. The van der Waals surface area contributed by atoms with Gasteiger partial charge in [0.2, 0.25) is 0 Å². The Kier molecular flexibility index (Phi) is 4.74. The van der Waals surface area contributed by atoms with E-state index in [0.717, 1.165) is 5.56 Å². The third kappa shape index (κ3) is 3.81. The number of hydrogen-bond acceptors (Lipinski definition) is 1. The molecule has 1 amide bonds. The molecule has 1 N–H and O–H groups in total. The Balaban J connectivity index is 2.59. The zero-order chi connectivity index (χ0) is 12.1. The molecule has 1 atom stereocenters. The summed E-state index contributed by atoms with van der Waals surface area (Å²) in [6.07, 6.45) is 0.667. The number of aryl methyl sites for hydroxylation is 1. The van der Waals surface area contributed by atoms with Gasteiger partial charge in [0.25, 0.3) is 5.91 Å². The minimum absolute atomic E-state index is 0.00293. The minimum atomic E-state index is -0.489. The van der Waals surface area contributed by atoms with Gasteiger partial charge in [-0.2, -0.15) is 0 Å². The van der Waals surface area contributed by atoms with Gasteiger partial charge in [0.05, 0.1) is 5.56 Å². The first kappa shape index (κ1) is 13.0. The van der Waals surface area contributed by atoms with Crippen LogP contribution in [0.3, 0.4) is 0 Å². The molecule has 1 unspecified atom stereocenters. The molecule has 0 heterocycles. The van der Waals surface area contributed by atoms with Crippen molar-refractivity contribution in [3.05, 3.63) is 35.1 Å². The van der Waals surface area contributed by atoms with Gasteiger partial charge >= 0.3 is 0 Å². The van der Waals surface area contributed by atoms with Crippen molar-refractivity contribution in [3.8, 4) is 0 Å². The molecule has 1 rings (SSSR count). The van der Waals surface area contributed by atoms with Crippen molar-refractivity contribution in [2.75, 3.05) is 6.54 Å². The van der Waals surface area contributed by atoms with E-state index in [4.69, 9.17) is 11.6 Å². The van der Waals surface area contributed by atoms with Crippen LogP contribution in [0.25, 0.3) is 0 Å². The van der Waals surface area contributed by atoms with Gasteiger partial charge in [-0.05, 0) is 38.0 Å². The summed E-state index contributed by atoms with van der Waals surface area (Å²) in [5, 5.41) is 2.63. The van der Waals surface area contributed by atoms with Crippen LogP contribution in [0.2, 0.25) is 0 Å². The van der Waals surface area contributed by atoms with Gasteiger partial charge in [-0.3, -0.25) is 4.79 Å². The molecule has 0 fully saturated rings. The number of carbonyl (C=O) groups is 1.